The lowest BCUT2D eigenvalue weighted by Gasteiger charge is -2.00. The molecule has 11 heavy (non-hydrogen) atoms. The minimum absolute atomic E-state index is 0. The summed E-state index contributed by atoms with van der Waals surface area (Å²) in [5.41, 5.74) is 0.768. The molecule has 1 aromatic heterocycles. The second-order valence-electron chi connectivity index (χ2n) is 2.51. The number of H-pyrrole nitrogens is 1. The van der Waals surface area contributed by atoms with Gasteiger partial charge in [0.15, 0.2) is 0 Å². The fraction of sp³-hybridized carbons (Fsp3) is 0.429. The van der Waals surface area contributed by atoms with Crippen LogP contribution in [0.1, 0.15) is 25.3 Å². The molecule has 0 saturated carbocycles. The van der Waals surface area contributed by atoms with E-state index in [9.17, 15) is 4.79 Å². The van der Waals surface area contributed by atoms with Crippen LogP contribution >= 0.6 is 12.4 Å². The quantitative estimate of drug-likeness (QED) is 0.698. The third-order valence-corrected chi connectivity index (χ3v) is 1.36. The Bertz CT molecular complexity index is 249. The summed E-state index contributed by atoms with van der Waals surface area (Å²) in [7, 11) is 0. The number of aromatic nitrogens is 2. The van der Waals surface area contributed by atoms with Crippen LogP contribution in [0.5, 0.6) is 0 Å². The summed E-state index contributed by atoms with van der Waals surface area (Å²) in [5, 5.41) is 0. The van der Waals surface area contributed by atoms with E-state index >= 15 is 0 Å². The Kier molecular flexibility index (Phi) is 3.82. The van der Waals surface area contributed by atoms with E-state index in [4.69, 9.17) is 0 Å². The molecule has 3 nitrogen and oxygen atoms in total. The van der Waals surface area contributed by atoms with Gasteiger partial charge in [-0.25, -0.2) is 9.78 Å². The molecule has 0 radical (unpaired) electrons. The maximum Gasteiger partial charge on any atom is 0.344 e. The Morgan fingerprint density at radius 3 is 2.55 bits per heavy atom. The molecule has 0 spiro atoms. The summed E-state index contributed by atoms with van der Waals surface area (Å²) in [5.74, 6) is 0.421. The number of rotatable bonds is 1. The van der Waals surface area contributed by atoms with Crippen LogP contribution < -0.4 is 5.69 Å². The number of aromatic amines is 1. The van der Waals surface area contributed by atoms with Crippen molar-refractivity contribution in [2.24, 2.45) is 0 Å². The Morgan fingerprint density at radius 2 is 2.18 bits per heavy atom. The highest BCUT2D eigenvalue weighted by Crippen LogP contribution is 2.08. The van der Waals surface area contributed by atoms with E-state index in [0.29, 0.717) is 5.92 Å². The maximum atomic E-state index is 10.5. The van der Waals surface area contributed by atoms with E-state index in [1.54, 1.807) is 12.4 Å². The molecule has 4 heteroatoms. The van der Waals surface area contributed by atoms with Gasteiger partial charge in [0.2, 0.25) is 0 Å². The zero-order chi connectivity index (χ0) is 7.56. The van der Waals surface area contributed by atoms with E-state index in [0.717, 1.165) is 5.56 Å². The molecular formula is C7H11ClN2O. The van der Waals surface area contributed by atoms with E-state index < -0.39 is 0 Å². The van der Waals surface area contributed by atoms with Gasteiger partial charge in [-0.3, -0.25) is 0 Å². The van der Waals surface area contributed by atoms with Crippen molar-refractivity contribution in [2.75, 3.05) is 0 Å². The Morgan fingerprint density at radius 1 is 1.55 bits per heavy atom. The molecule has 1 aromatic rings. The molecule has 0 aliphatic heterocycles. The minimum atomic E-state index is -0.288. The Balaban J connectivity index is 0.000001000. The summed E-state index contributed by atoms with van der Waals surface area (Å²) >= 11 is 0. The first-order valence-corrected chi connectivity index (χ1v) is 3.25. The van der Waals surface area contributed by atoms with Gasteiger partial charge >= 0.3 is 5.69 Å². The van der Waals surface area contributed by atoms with Crippen LogP contribution in [0.2, 0.25) is 0 Å². The van der Waals surface area contributed by atoms with Gasteiger partial charge in [-0.2, -0.15) is 0 Å². The molecule has 0 bridgehead atoms. The molecular weight excluding hydrogens is 164 g/mol. The smallest absolute Gasteiger partial charge is 0.312 e. The third-order valence-electron chi connectivity index (χ3n) is 1.36. The SMILES string of the molecule is CC(C)c1cnc(=O)[nH]c1.Cl. The molecule has 0 fully saturated rings. The predicted octanol–water partition coefficient (Wildman–Crippen LogP) is 1.32. The molecule has 0 aliphatic carbocycles. The fourth-order valence-electron chi connectivity index (χ4n) is 0.669. The molecule has 0 atom stereocenters. The maximum absolute atomic E-state index is 10.5. The summed E-state index contributed by atoms with van der Waals surface area (Å²) in [6.07, 6.45) is 3.30. The van der Waals surface area contributed by atoms with Crippen LogP contribution in [-0.2, 0) is 0 Å². The fourth-order valence-corrected chi connectivity index (χ4v) is 0.669. The Hall–Kier alpha value is -0.830. The molecule has 1 N–H and O–H groups in total. The number of nitrogens with zero attached hydrogens (tertiary/aromatic N) is 1. The van der Waals surface area contributed by atoms with Crippen LogP contribution in [0, 0.1) is 0 Å². The van der Waals surface area contributed by atoms with E-state index in [1.165, 1.54) is 0 Å². The monoisotopic (exact) mass is 174 g/mol. The normalized spacial score (nSPS) is 9.36. The van der Waals surface area contributed by atoms with Crippen molar-refractivity contribution in [3.8, 4) is 0 Å². The first kappa shape index (κ1) is 10.2. The van der Waals surface area contributed by atoms with Crippen molar-refractivity contribution in [3.63, 3.8) is 0 Å². The average molecular weight is 175 g/mol. The predicted molar refractivity (Wildman–Crippen MR) is 46.2 cm³/mol. The zero-order valence-electron chi connectivity index (χ0n) is 6.50. The van der Waals surface area contributed by atoms with Crippen molar-refractivity contribution < 1.29 is 0 Å². The highest BCUT2D eigenvalue weighted by molar-refractivity contribution is 5.85. The average Bonchev–Trinajstić information content (AvgIpc) is 1.88. The molecule has 1 heterocycles. The van der Waals surface area contributed by atoms with Crippen LogP contribution in [0.25, 0.3) is 0 Å². The number of nitrogens with one attached hydrogen (secondary N) is 1. The van der Waals surface area contributed by atoms with Crippen molar-refractivity contribution in [1.82, 2.24) is 9.97 Å². The number of halogens is 1. The molecule has 0 aromatic carbocycles. The lowest BCUT2D eigenvalue weighted by atomic mass is 10.1. The summed E-state index contributed by atoms with van der Waals surface area (Å²) < 4.78 is 0. The Labute approximate surface area is 71.3 Å². The summed E-state index contributed by atoms with van der Waals surface area (Å²) in [6.45, 7) is 4.10. The molecule has 0 amide bonds. The molecule has 1 rings (SSSR count). The highest BCUT2D eigenvalue weighted by Gasteiger charge is 1.96. The summed E-state index contributed by atoms with van der Waals surface area (Å²) in [4.78, 5) is 16.6. The molecule has 0 saturated heterocycles. The van der Waals surface area contributed by atoms with Crippen LogP contribution in [0.3, 0.4) is 0 Å². The topological polar surface area (TPSA) is 45.8 Å². The van der Waals surface area contributed by atoms with Gasteiger partial charge in [-0.1, -0.05) is 13.8 Å². The van der Waals surface area contributed by atoms with Gasteiger partial charge in [0.25, 0.3) is 0 Å². The number of hydrogen-bond donors (Lipinski definition) is 1. The third kappa shape index (κ3) is 2.72. The second-order valence-corrected chi connectivity index (χ2v) is 2.51. The lowest BCUT2D eigenvalue weighted by molar-refractivity contribution is 0.838. The van der Waals surface area contributed by atoms with Crippen LogP contribution in [-0.4, -0.2) is 9.97 Å². The van der Waals surface area contributed by atoms with E-state index in [2.05, 4.69) is 23.8 Å². The first-order valence-electron chi connectivity index (χ1n) is 3.25. The van der Waals surface area contributed by atoms with Gasteiger partial charge in [0, 0.05) is 12.4 Å². The second kappa shape index (κ2) is 4.13. The molecule has 0 aliphatic rings. The van der Waals surface area contributed by atoms with Gasteiger partial charge in [-0.05, 0) is 11.5 Å². The van der Waals surface area contributed by atoms with Gasteiger partial charge in [0.1, 0.15) is 0 Å². The largest absolute Gasteiger partial charge is 0.344 e. The molecule has 0 unspecified atom stereocenters. The van der Waals surface area contributed by atoms with Gasteiger partial charge < -0.3 is 4.98 Å². The van der Waals surface area contributed by atoms with Crippen molar-refractivity contribution >= 4 is 12.4 Å². The number of hydrogen-bond acceptors (Lipinski definition) is 2. The van der Waals surface area contributed by atoms with E-state index in [1.807, 2.05) is 0 Å². The first-order chi connectivity index (χ1) is 4.70. The van der Waals surface area contributed by atoms with Crippen molar-refractivity contribution in [2.45, 2.75) is 19.8 Å². The van der Waals surface area contributed by atoms with Gasteiger partial charge in [-0.15, -0.1) is 12.4 Å². The minimum Gasteiger partial charge on any atom is -0.312 e. The highest BCUT2D eigenvalue weighted by atomic mass is 35.5. The van der Waals surface area contributed by atoms with Gasteiger partial charge in [0.05, 0.1) is 0 Å². The van der Waals surface area contributed by atoms with Crippen LogP contribution in [0.4, 0.5) is 0 Å². The zero-order valence-corrected chi connectivity index (χ0v) is 7.31. The lowest BCUT2D eigenvalue weighted by Crippen LogP contribution is -2.09. The van der Waals surface area contributed by atoms with Crippen molar-refractivity contribution in [3.05, 3.63) is 28.4 Å². The van der Waals surface area contributed by atoms with E-state index in [-0.39, 0.29) is 18.1 Å². The van der Waals surface area contributed by atoms with Crippen LogP contribution in [0.15, 0.2) is 17.2 Å². The standard InChI is InChI=1S/C7H10N2O.ClH/c1-5(2)6-3-8-7(10)9-4-6;/h3-5H,1-2H3,(H,8,9,10);1H. The van der Waals surface area contributed by atoms with Crippen molar-refractivity contribution in [1.29, 1.82) is 0 Å². The molecule has 62 valence electrons. The summed E-state index contributed by atoms with van der Waals surface area (Å²) in [6, 6.07) is 0.